The Bertz CT molecular complexity index is 367. The van der Waals surface area contributed by atoms with Crippen LogP contribution in [-0.4, -0.2) is 35.4 Å². The molecular formula is C16H27NO2S. The monoisotopic (exact) mass is 297 g/mol. The van der Waals surface area contributed by atoms with Crippen molar-refractivity contribution < 1.29 is 9.84 Å². The van der Waals surface area contributed by atoms with Crippen LogP contribution in [0.5, 0.6) is 5.75 Å². The Balaban J connectivity index is 2.65. The third kappa shape index (κ3) is 6.16. The molecule has 0 fully saturated rings. The Morgan fingerprint density at radius 2 is 1.85 bits per heavy atom. The van der Waals surface area contributed by atoms with Crippen molar-refractivity contribution in [2.45, 2.75) is 45.1 Å². The van der Waals surface area contributed by atoms with Crippen LogP contribution in [-0.2, 0) is 0 Å². The molecule has 1 rings (SSSR count). The molecule has 0 spiro atoms. The van der Waals surface area contributed by atoms with E-state index in [-0.39, 0.29) is 18.0 Å². The van der Waals surface area contributed by atoms with Crippen molar-refractivity contribution in [3.05, 3.63) is 29.8 Å². The average molecular weight is 297 g/mol. The molecule has 0 aliphatic heterocycles. The first-order chi connectivity index (χ1) is 9.56. The zero-order chi connectivity index (χ0) is 15.0. The highest BCUT2D eigenvalue weighted by Crippen LogP contribution is 2.23. The third-order valence-corrected chi connectivity index (χ3v) is 4.15. The molecule has 2 N–H and O–H groups in total. The summed E-state index contributed by atoms with van der Waals surface area (Å²) in [6.45, 7) is 9.38. The van der Waals surface area contributed by atoms with Crippen molar-refractivity contribution in [2.24, 2.45) is 0 Å². The SMILES string of the molecule is CCNC(CSC(C)CO)c1ccc(OC(C)C)cc1. The van der Waals surface area contributed by atoms with E-state index in [2.05, 4.69) is 24.4 Å². The predicted molar refractivity (Wildman–Crippen MR) is 87.6 cm³/mol. The van der Waals surface area contributed by atoms with Gasteiger partial charge < -0.3 is 15.2 Å². The lowest BCUT2D eigenvalue weighted by molar-refractivity contribution is 0.242. The maximum absolute atomic E-state index is 9.11. The smallest absolute Gasteiger partial charge is 0.119 e. The van der Waals surface area contributed by atoms with Crippen LogP contribution in [0.15, 0.2) is 24.3 Å². The fraction of sp³-hybridized carbons (Fsp3) is 0.625. The Morgan fingerprint density at radius 1 is 1.20 bits per heavy atom. The topological polar surface area (TPSA) is 41.5 Å². The molecule has 0 heterocycles. The lowest BCUT2D eigenvalue weighted by Gasteiger charge is -2.20. The maximum Gasteiger partial charge on any atom is 0.119 e. The lowest BCUT2D eigenvalue weighted by Crippen LogP contribution is -2.24. The number of aliphatic hydroxyl groups is 1. The summed E-state index contributed by atoms with van der Waals surface area (Å²) in [5, 5.41) is 12.9. The molecule has 20 heavy (non-hydrogen) atoms. The molecule has 2 atom stereocenters. The van der Waals surface area contributed by atoms with Gasteiger partial charge in [-0.15, -0.1) is 0 Å². The number of rotatable bonds is 9. The van der Waals surface area contributed by atoms with Gasteiger partial charge in [-0.2, -0.15) is 11.8 Å². The quantitative estimate of drug-likeness (QED) is 0.734. The van der Waals surface area contributed by atoms with Gasteiger partial charge in [0.05, 0.1) is 12.7 Å². The minimum atomic E-state index is 0.200. The molecule has 4 heteroatoms. The number of hydrogen-bond acceptors (Lipinski definition) is 4. The van der Waals surface area contributed by atoms with Gasteiger partial charge in [0.15, 0.2) is 0 Å². The molecule has 2 unspecified atom stereocenters. The van der Waals surface area contributed by atoms with E-state index in [9.17, 15) is 0 Å². The fourth-order valence-corrected chi connectivity index (χ4v) is 2.82. The van der Waals surface area contributed by atoms with Gasteiger partial charge in [0.1, 0.15) is 5.75 Å². The fourth-order valence-electron chi connectivity index (χ4n) is 1.88. The first-order valence-electron chi connectivity index (χ1n) is 7.29. The second-order valence-electron chi connectivity index (χ2n) is 5.17. The standard InChI is InChI=1S/C16H27NO2S/c1-5-17-16(11-20-13(4)10-18)14-6-8-15(9-7-14)19-12(2)3/h6-9,12-13,16-18H,5,10-11H2,1-4H3. The van der Waals surface area contributed by atoms with Gasteiger partial charge in [0.2, 0.25) is 0 Å². The van der Waals surface area contributed by atoms with Gasteiger partial charge in [-0.25, -0.2) is 0 Å². The molecule has 114 valence electrons. The average Bonchev–Trinajstić information content (AvgIpc) is 2.43. The number of nitrogens with one attached hydrogen (secondary N) is 1. The zero-order valence-electron chi connectivity index (χ0n) is 12.9. The van der Waals surface area contributed by atoms with Crippen molar-refractivity contribution in [1.29, 1.82) is 0 Å². The number of benzene rings is 1. The van der Waals surface area contributed by atoms with Gasteiger partial charge in [-0.1, -0.05) is 26.0 Å². The molecule has 0 aliphatic rings. The van der Waals surface area contributed by atoms with Crippen LogP contribution in [0.3, 0.4) is 0 Å². The van der Waals surface area contributed by atoms with Crippen molar-refractivity contribution in [3.8, 4) is 5.75 Å². The summed E-state index contributed by atoms with van der Waals surface area (Å²) in [5.41, 5.74) is 1.26. The summed E-state index contributed by atoms with van der Waals surface area (Å²) in [6, 6.07) is 8.61. The first-order valence-corrected chi connectivity index (χ1v) is 8.34. The van der Waals surface area contributed by atoms with E-state index in [0.717, 1.165) is 18.0 Å². The van der Waals surface area contributed by atoms with Crippen LogP contribution in [0.4, 0.5) is 0 Å². The lowest BCUT2D eigenvalue weighted by atomic mass is 10.1. The molecule has 1 aromatic carbocycles. The molecular weight excluding hydrogens is 270 g/mol. The third-order valence-electron chi connectivity index (χ3n) is 2.91. The van der Waals surface area contributed by atoms with Crippen LogP contribution < -0.4 is 10.1 Å². The summed E-state index contributed by atoms with van der Waals surface area (Å²) in [7, 11) is 0. The molecule has 0 bridgehead atoms. The summed E-state index contributed by atoms with van der Waals surface area (Å²) in [4.78, 5) is 0. The Morgan fingerprint density at radius 3 is 2.35 bits per heavy atom. The Hall–Kier alpha value is -0.710. The second kappa shape index (κ2) is 9.27. The van der Waals surface area contributed by atoms with Crippen LogP contribution >= 0.6 is 11.8 Å². The molecule has 0 radical (unpaired) electrons. The van der Waals surface area contributed by atoms with Crippen molar-refractivity contribution in [1.82, 2.24) is 5.32 Å². The van der Waals surface area contributed by atoms with Gasteiger partial charge >= 0.3 is 0 Å². The highest BCUT2D eigenvalue weighted by atomic mass is 32.2. The minimum absolute atomic E-state index is 0.200. The molecule has 1 aromatic rings. The van der Waals surface area contributed by atoms with E-state index in [1.54, 1.807) is 11.8 Å². The normalized spacial score (nSPS) is 14.3. The van der Waals surface area contributed by atoms with E-state index >= 15 is 0 Å². The van der Waals surface area contributed by atoms with E-state index in [0.29, 0.717) is 6.04 Å². The van der Waals surface area contributed by atoms with Crippen LogP contribution in [0, 0.1) is 0 Å². The largest absolute Gasteiger partial charge is 0.491 e. The van der Waals surface area contributed by atoms with Crippen molar-refractivity contribution >= 4 is 11.8 Å². The van der Waals surface area contributed by atoms with Gasteiger partial charge in [0, 0.05) is 17.0 Å². The molecule has 3 nitrogen and oxygen atoms in total. The molecule has 0 amide bonds. The van der Waals surface area contributed by atoms with Crippen molar-refractivity contribution in [3.63, 3.8) is 0 Å². The Labute approximate surface area is 127 Å². The highest BCUT2D eigenvalue weighted by Gasteiger charge is 2.12. The van der Waals surface area contributed by atoms with E-state index in [1.807, 2.05) is 32.9 Å². The van der Waals surface area contributed by atoms with Crippen LogP contribution in [0.25, 0.3) is 0 Å². The second-order valence-corrected chi connectivity index (χ2v) is 6.64. The maximum atomic E-state index is 9.11. The molecule has 0 saturated carbocycles. The summed E-state index contributed by atoms with van der Waals surface area (Å²) in [6.07, 6.45) is 0.200. The van der Waals surface area contributed by atoms with Crippen LogP contribution in [0.1, 0.15) is 39.3 Å². The number of ether oxygens (including phenoxy) is 1. The number of aliphatic hydroxyl groups excluding tert-OH is 1. The minimum Gasteiger partial charge on any atom is -0.491 e. The molecule has 0 aromatic heterocycles. The van der Waals surface area contributed by atoms with Crippen LogP contribution in [0.2, 0.25) is 0 Å². The number of hydrogen-bond donors (Lipinski definition) is 2. The summed E-state index contributed by atoms with van der Waals surface area (Å²) < 4.78 is 5.67. The first kappa shape index (κ1) is 17.3. The van der Waals surface area contributed by atoms with E-state index in [4.69, 9.17) is 9.84 Å². The molecule has 0 aliphatic carbocycles. The van der Waals surface area contributed by atoms with Gasteiger partial charge in [0.25, 0.3) is 0 Å². The summed E-state index contributed by atoms with van der Waals surface area (Å²) in [5.74, 6) is 1.87. The summed E-state index contributed by atoms with van der Waals surface area (Å²) >= 11 is 1.79. The van der Waals surface area contributed by atoms with E-state index < -0.39 is 0 Å². The van der Waals surface area contributed by atoms with Gasteiger partial charge in [-0.05, 0) is 38.1 Å². The van der Waals surface area contributed by atoms with Gasteiger partial charge in [-0.3, -0.25) is 0 Å². The molecule has 0 saturated heterocycles. The predicted octanol–water partition coefficient (Wildman–Crippen LogP) is 3.24. The highest BCUT2D eigenvalue weighted by molar-refractivity contribution is 7.99. The Kier molecular flexibility index (Phi) is 8.04. The zero-order valence-corrected chi connectivity index (χ0v) is 13.7. The van der Waals surface area contributed by atoms with E-state index in [1.165, 1.54) is 5.56 Å². The number of thioether (sulfide) groups is 1. The van der Waals surface area contributed by atoms with Crippen molar-refractivity contribution in [2.75, 3.05) is 18.9 Å².